The van der Waals surface area contributed by atoms with E-state index >= 15 is 0 Å². The Bertz CT molecular complexity index is 470. The van der Waals surface area contributed by atoms with Crippen molar-refractivity contribution >= 4 is 11.6 Å². The van der Waals surface area contributed by atoms with Gasteiger partial charge in [-0.3, -0.25) is 9.89 Å². The van der Waals surface area contributed by atoms with Gasteiger partial charge in [-0.05, 0) is 25.7 Å². The predicted molar refractivity (Wildman–Crippen MR) is 78.5 cm³/mol. The molecular weight excluding hydrogens is 252 g/mol. The third-order valence-electron chi connectivity index (χ3n) is 4.47. The molecule has 4 N–H and O–H groups in total. The number of anilines is 1. The monoisotopic (exact) mass is 276 g/mol. The number of nitrogens with one attached hydrogen (secondary N) is 2. The second-order valence-corrected chi connectivity index (χ2v) is 6.19. The zero-order valence-electron chi connectivity index (χ0n) is 12.0. The number of aromatic nitrogens is 2. The molecule has 20 heavy (non-hydrogen) atoms. The predicted octanol–water partition coefficient (Wildman–Crippen LogP) is 2.71. The summed E-state index contributed by atoms with van der Waals surface area (Å²) in [7, 11) is 0. The fourth-order valence-electron chi connectivity index (χ4n) is 3.07. The number of carbonyl (C=O) groups is 1. The van der Waals surface area contributed by atoms with Gasteiger partial charge in [-0.1, -0.05) is 32.1 Å². The fourth-order valence-corrected chi connectivity index (χ4v) is 3.07. The number of hydrogen-bond acceptors (Lipinski definition) is 3. The summed E-state index contributed by atoms with van der Waals surface area (Å²) < 4.78 is 0. The smallest absolute Gasteiger partial charge is 0.274 e. The van der Waals surface area contributed by atoms with Gasteiger partial charge in [0.15, 0.2) is 5.69 Å². The van der Waals surface area contributed by atoms with E-state index in [0.29, 0.717) is 17.3 Å². The van der Waals surface area contributed by atoms with Gasteiger partial charge in [0.2, 0.25) is 0 Å². The molecule has 1 amide bonds. The lowest BCUT2D eigenvalue weighted by Gasteiger charge is -2.20. The molecule has 0 aliphatic heterocycles. The lowest BCUT2D eigenvalue weighted by Crippen LogP contribution is -2.35. The molecular formula is C15H24N4O. The highest BCUT2D eigenvalue weighted by atomic mass is 16.2. The summed E-state index contributed by atoms with van der Waals surface area (Å²) in [5, 5.41) is 10.2. The molecule has 0 radical (unpaired) electrons. The maximum Gasteiger partial charge on any atom is 0.274 e. The molecule has 2 saturated carbocycles. The summed E-state index contributed by atoms with van der Waals surface area (Å²) >= 11 is 0. The van der Waals surface area contributed by atoms with Crippen molar-refractivity contribution in [1.29, 1.82) is 0 Å². The molecule has 5 nitrogen and oxygen atoms in total. The molecule has 110 valence electrons. The molecule has 1 aromatic heterocycles. The molecule has 0 unspecified atom stereocenters. The Morgan fingerprint density at radius 2 is 1.75 bits per heavy atom. The number of H-pyrrole nitrogens is 1. The largest absolute Gasteiger partial charge is 0.395 e. The molecule has 0 spiro atoms. The van der Waals surface area contributed by atoms with E-state index in [1.165, 1.54) is 32.1 Å². The summed E-state index contributed by atoms with van der Waals surface area (Å²) in [5.74, 6) is 0.377. The van der Waals surface area contributed by atoms with Crippen molar-refractivity contribution in [2.45, 2.75) is 69.7 Å². The highest BCUT2D eigenvalue weighted by Gasteiger charge is 2.30. The van der Waals surface area contributed by atoms with E-state index in [2.05, 4.69) is 15.5 Å². The van der Waals surface area contributed by atoms with E-state index in [1.807, 2.05) is 0 Å². The Kier molecular flexibility index (Phi) is 3.94. The Morgan fingerprint density at radius 3 is 2.40 bits per heavy atom. The van der Waals surface area contributed by atoms with Crippen molar-refractivity contribution in [1.82, 2.24) is 15.5 Å². The quantitative estimate of drug-likeness (QED) is 0.793. The van der Waals surface area contributed by atoms with Gasteiger partial charge in [-0.2, -0.15) is 5.10 Å². The summed E-state index contributed by atoms with van der Waals surface area (Å²) in [6.07, 6.45) is 10.7. The number of nitrogen functional groups attached to an aromatic ring is 1. The van der Waals surface area contributed by atoms with Gasteiger partial charge in [0.25, 0.3) is 5.91 Å². The van der Waals surface area contributed by atoms with Gasteiger partial charge in [0.1, 0.15) is 0 Å². The Morgan fingerprint density at radius 1 is 1.10 bits per heavy atom. The molecule has 0 aromatic carbocycles. The Labute approximate surface area is 119 Å². The van der Waals surface area contributed by atoms with Crippen molar-refractivity contribution < 1.29 is 4.79 Å². The van der Waals surface area contributed by atoms with Crippen LogP contribution in [0.1, 0.15) is 79.9 Å². The minimum absolute atomic E-state index is 0.115. The van der Waals surface area contributed by atoms with Crippen LogP contribution in [0.3, 0.4) is 0 Å². The van der Waals surface area contributed by atoms with Crippen LogP contribution < -0.4 is 11.1 Å². The normalized spacial score (nSPS) is 21.2. The third kappa shape index (κ3) is 2.97. The number of nitrogens with zero attached hydrogens (tertiary/aromatic N) is 1. The maximum absolute atomic E-state index is 12.3. The number of aromatic amines is 1. The standard InChI is InChI=1S/C15H24N4O/c16-12-13(10-8-9-10)18-19-14(12)15(20)17-11-6-4-2-1-3-5-7-11/h10-11H,1-9,16H2,(H,17,20)(H,18,19). The first-order valence-electron chi connectivity index (χ1n) is 7.90. The van der Waals surface area contributed by atoms with Crippen LogP contribution in [0, 0.1) is 0 Å². The summed E-state index contributed by atoms with van der Waals surface area (Å²) in [4.78, 5) is 12.3. The average molecular weight is 276 g/mol. The molecule has 3 rings (SSSR count). The van der Waals surface area contributed by atoms with Crippen LogP contribution in [0.2, 0.25) is 0 Å². The van der Waals surface area contributed by atoms with Gasteiger partial charge >= 0.3 is 0 Å². The van der Waals surface area contributed by atoms with E-state index in [1.54, 1.807) is 0 Å². The minimum atomic E-state index is -0.115. The highest BCUT2D eigenvalue weighted by Crippen LogP contribution is 2.42. The first-order valence-corrected chi connectivity index (χ1v) is 7.90. The van der Waals surface area contributed by atoms with Crippen LogP contribution in [-0.2, 0) is 0 Å². The van der Waals surface area contributed by atoms with E-state index in [4.69, 9.17) is 5.73 Å². The lowest BCUT2D eigenvalue weighted by atomic mass is 9.96. The SMILES string of the molecule is Nc1c(C(=O)NC2CCCCCCC2)n[nH]c1C1CC1. The molecule has 1 heterocycles. The van der Waals surface area contributed by atoms with E-state index in [0.717, 1.165) is 31.4 Å². The first-order chi connectivity index (χ1) is 9.75. The van der Waals surface area contributed by atoms with Gasteiger partial charge in [0.05, 0.1) is 11.4 Å². The van der Waals surface area contributed by atoms with Crippen LogP contribution in [0.15, 0.2) is 0 Å². The molecule has 2 aliphatic rings. The fraction of sp³-hybridized carbons (Fsp3) is 0.733. The van der Waals surface area contributed by atoms with Gasteiger partial charge in [-0.25, -0.2) is 0 Å². The first kappa shape index (κ1) is 13.5. The zero-order valence-corrected chi connectivity index (χ0v) is 12.0. The zero-order chi connectivity index (χ0) is 13.9. The number of rotatable bonds is 3. The van der Waals surface area contributed by atoms with Crippen LogP contribution >= 0.6 is 0 Å². The number of hydrogen-bond donors (Lipinski definition) is 3. The minimum Gasteiger partial charge on any atom is -0.395 e. The molecule has 2 aliphatic carbocycles. The molecule has 1 aromatic rings. The van der Waals surface area contributed by atoms with Crippen LogP contribution in [0.25, 0.3) is 0 Å². The van der Waals surface area contributed by atoms with Crippen molar-refractivity contribution in [3.8, 4) is 0 Å². The lowest BCUT2D eigenvalue weighted by molar-refractivity contribution is 0.0926. The maximum atomic E-state index is 12.3. The van der Waals surface area contributed by atoms with Crippen molar-refractivity contribution in [3.63, 3.8) is 0 Å². The second-order valence-electron chi connectivity index (χ2n) is 6.19. The number of carbonyl (C=O) groups excluding carboxylic acids is 1. The Balaban J connectivity index is 1.62. The van der Waals surface area contributed by atoms with Crippen LogP contribution in [0.5, 0.6) is 0 Å². The van der Waals surface area contributed by atoms with E-state index in [9.17, 15) is 4.79 Å². The molecule has 0 atom stereocenters. The summed E-state index contributed by atoms with van der Waals surface area (Å²) in [6, 6.07) is 0.281. The highest BCUT2D eigenvalue weighted by molar-refractivity contribution is 5.97. The van der Waals surface area contributed by atoms with Gasteiger partial charge in [0, 0.05) is 12.0 Å². The third-order valence-corrected chi connectivity index (χ3v) is 4.47. The van der Waals surface area contributed by atoms with Crippen molar-refractivity contribution in [3.05, 3.63) is 11.4 Å². The van der Waals surface area contributed by atoms with Crippen molar-refractivity contribution in [2.75, 3.05) is 5.73 Å². The van der Waals surface area contributed by atoms with Crippen LogP contribution in [-0.4, -0.2) is 22.1 Å². The van der Waals surface area contributed by atoms with Crippen molar-refractivity contribution in [2.24, 2.45) is 0 Å². The van der Waals surface area contributed by atoms with E-state index in [-0.39, 0.29) is 11.9 Å². The van der Waals surface area contributed by atoms with Crippen LogP contribution in [0.4, 0.5) is 5.69 Å². The average Bonchev–Trinajstić information content (AvgIpc) is 3.16. The molecule has 0 bridgehead atoms. The summed E-state index contributed by atoms with van der Waals surface area (Å²) in [6.45, 7) is 0. The van der Waals surface area contributed by atoms with E-state index < -0.39 is 0 Å². The number of nitrogens with two attached hydrogens (primary N) is 1. The topological polar surface area (TPSA) is 83.8 Å². The van der Waals surface area contributed by atoms with Gasteiger partial charge in [-0.15, -0.1) is 0 Å². The molecule has 0 saturated heterocycles. The molecule has 2 fully saturated rings. The number of amides is 1. The summed E-state index contributed by atoms with van der Waals surface area (Å²) in [5.41, 5.74) is 7.94. The molecule has 5 heteroatoms. The Hall–Kier alpha value is -1.52. The van der Waals surface area contributed by atoms with Gasteiger partial charge < -0.3 is 11.1 Å². The second kappa shape index (κ2) is 5.85.